The molecule has 2 unspecified atom stereocenters. The Hall–Kier alpha value is -0.340. The SMILES string of the molecule is C=C(CC)CC(NC)C(OCC)C(C)(C)C. The summed E-state index contributed by atoms with van der Waals surface area (Å²) in [6.45, 7) is 15.7. The number of rotatable bonds is 7. The van der Waals surface area contributed by atoms with Crippen molar-refractivity contribution < 1.29 is 4.74 Å². The fourth-order valence-corrected chi connectivity index (χ4v) is 1.97. The molecule has 0 aromatic carbocycles. The summed E-state index contributed by atoms with van der Waals surface area (Å²) in [5.41, 5.74) is 1.44. The molecule has 0 heterocycles. The highest BCUT2D eigenvalue weighted by molar-refractivity contribution is 5.00. The summed E-state index contributed by atoms with van der Waals surface area (Å²) in [5.74, 6) is 0. The first kappa shape index (κ1) is 15.7. The molecule has 0 aliphatic heterocycles. The van der Waals surface area contributed by atoms with Crippen LogP contribution in [0.15, 0.2) is 12.2 Å². The Bertz CT molecular complexity index is 205. The zero-order valence-electron chi connectivity index (χ0n) is 11.9. The van der Waals surface area contributed by atoms with Crippen molar-refractivity contribution in [1.82, 2.24) is 5.32 Å². The Balaban J connectivity index is 4.64. The van der Waals surface area contributed by atoms with Crippen LogP contribution >= 0.6 is 0 Å². The van der Waals surface area contributed by atoms with Gasteiger partial charge in [0.05, 0.1) is 6.10 Å². The van der Waals surface area contributed by atoms with Gasteiger partial charge in [0.2, 0.25) is 0 Å². The first-order chi connectivity index (χ1) is 7.36. The van der Waals surface area contributed by atoms with Gasteiger partial charge in [0, 0.05) is 12.6 Å². The van der Waals surface area contributed by atoms with E-state index in [2.05, 4.69) is 46.5 Å². The zero-order chi connectivity index (χ0) is 12.8. The van der Waals surface area contributed by atoms with E-state index in [9.17, 15) is 0 Å². The fourth-order valence-electron chi connectivity index (χ4n) is 1.97. The number of hydrogen-bond donors (Lipinski definition) is 1. The first-order valence-corrected chi connectivity index (χ1v) is 6.32. The molecule has 0 aromatic rings. The van der Waals surface area contributed by atoms with E-state index in [0.717, 1.165) is 19.4 Å². The summed E-state index contributed by atoms with van der Waals surface area (Å²) in [6, 6.07) is 0.354. The number of likely N-dealkylation sites (N-methyl/N-ethyl adjacent to an activating group) is 1. The van der Waals surface area contributed by atoms with Crippen molar-refractivity contribution in [3.8, 4) is 0 Å². The van der Waals surface area contributed by atoms with Crippen LogP contribution < -0.4 is 5.32 Å². The summed E-state index contributed by atoms with van der Waals surface area (Å²) < 4.78 is 5.90. The second kappa shape index (κ2) is 7.08. The van der Waals surface area contributed by atoms with Crippen molar-refractivity contribution in [2.75, 3.05) is 13.7 Å². The minimum atomic E-state index is 0.151. The molecule has 0 saturated carbocycles. The van der Waals surface area contributed by atoms with E-state index >= 15 is 0 Å². The summed E-state index contributed by atoms with van der Waals surface area (Å²) in [5, 5.41) is 3.37. The predicted molar refractivity (Wildman–Crippen MR) is 71.8 cm³/mol. The summed E-state index contributed by atoms with van der Waals surface area (Å²) >= 11 is 0. The Morgan fingerprint density at radius 1 is 1.31 bits per heavy atom. The molecule has 0 fully saturated rings. The molecule has 2 nitrogen and oxygen atoms in total. The van der Waals surface area contributed by atoms with Crippen LogP contribution in [0, 0.1) is 5.41 Å². The quantitative estimate of drug-likeness (QED) is 0.673. The third-order valence-corrected chi connectivity index (χ3v) is 2.94. The van der Waals surface area contributed by atoms with Crippen LogP contribution in [0.2, 0.25) is 0 Å². The Morgan fingerprint density at radius 3 is 2.19 bits per heavy atom. The van der Waals surface area contributed by atoms with E-state index in [4.69, 9.17) is 4.74 Å². The summed E-state index contributed by atoms with van der Waals surface area (Å²) in [7, 11) is 2.01. The van der Waals surface area contributed by atoms with E-state index in [-0.39, 0.29) is 11.5 Å². The smallest absolute Gasteiger partial charge is 0.0779 e. The van der Waals surface area contributed by atoms with Gasteiger partial charge in [-0.05, 0) is 32.2 Å². The Morgan fingerprint density at radius 2 is 1.88 bits per heavy atom. The monoisotopic (exact) mass is 227 g/mol. The van der Waals surface area contributed by atoms with E-state index in [1.807, 2.05) is 7.05 Å². The highest BCUT2D eigenvalue weighted by Crippen LogP contribution is 2.27. The van der Waals surface area contributed by atoms with Gasteiger partial charge in [-0.1, -0.05) is 39.8 Å². The lowest BCUT2D eigenvalue weighted by Gasteiger charge is -2.37. The van der Waals surface area contributed by atoms with Gasteiger partial charge >= 0.3 is 0 Å². The van der Waals surface area contributed by atoms with Gasteiger partial charge in [-0.3, -0.25) is 0 Å². The molecular weight excluding hydrogens is 198 g/mol. The molecule has 2 atom stereocenters. The second-order valence-corrected chi connectivity index (χ2v) is 5.44. The van der Waals surface area contributed by atoms with Crippen LogP contribution in [-0.4, -0.2) is 25.8 Å². The Kier molecular flexibility index (Phi) is 6.93. The Labute approximate surface area is 101 Å². The molecule has 0 aliphatic rings. The van der Waals surface area contributed by atoms with Crippen LogP contribution in [0.5, 0.6) is 0 Å². The molecule has 0 aromatic heterocycles. The van der Waals surface area contributed by atoms with Gasteiger partial charge in [-0.15, -0.1) is 0 Å². The van der Waals surface area contributed by atoms with E-state index < -0.39 is 0 Å². The molecule has 0 amide bonds. The van der Waals surface area contributed by atoms with E-state index in [1.165, 1.54) is 5.57 Å². The lowest BCUT2D eigenvalue weighted by atomic mass is 9.82. The van der Waals surface area contributed by atoms with Crippen molar-refractivity contribution in [1.29, 1.82) is 0 Å². The average molecular weight is 227 g/mol. The van der Waals surface area contributed by atoms with Crippen LogP contribution in [-0.2, 0) is 4.74 Å². The number of nitrogens with one attached hydrogen (secondary N) is 1. The third kappa shape index (κ3) is 5.13. The minimum Gasteiger partial charge on any atom is -0.376 e. The molecule has 0 rings (SSSR count). The van der Waals surface area contributed by atoms with Crippen molar-refractivity contribution in [2.24, 2.45) is 5.41 Å². The van der Waals surface area contributed by atoms with E-state index in [0.29, 0.717) is 6.04 Å². The molecule has 0 aliphatic carbocycles. The maximum absolute atomic E-state index is 5.90. The van der Waals surface area contributed by atoms with Crippen LogP contribution in [0.4, 0.5) is 0 Å². The molecule has 96 valence electrons. The first-order valence-electron chi connectivity index (χ1n) is 6.32. The van der Waals surface area contributed by atoms with Crippen LogP contribution in [0.25, 0.3) is 0 Å². The van der Waals surface area contributed by atoms with Gasteiger partial charge in [-0.2, -0.15) is 0 Å². The average Bonchev–Trinajstić information content (AvgIpc) is 2.21. The van der Waals surface area contributed by atoms with Gasteiger partial charge < -0.3 is 10.1 Å². The van der Waals surface area contributed by atoms with Gasteiger partial charge in [0.25, 0.3) is 0 Å². The lowest BCUT2D eigenvalue weighted by Crippen LogP contribution is -2.47. The van der Waals surface area contributed by atoms with Gasteiger partial charge in [0.1, 0.15) is 0 Å². The van der Waals surface area contributed by atoms with Crippen molar-refractivity contribution in [2.45, 2.75) is 59.6 Å². The largest absolute Gasteiger partial charge is 0.376 e. The number of ether oxygens (including phenoxy) is 1. The molecule has 0 spiro atoms. The predicted octanol–water partition coefficient (Wildman–Crippen LogP) is 3.38. The molecule has 0 saturated heterocycles. The number of hydrogen-bond acceptors (Lipinski definition) is 2. The van der Waals surface area contributed by atoms with Crippen LogP contribution in [0.1, 0.15) is 47.5 Å². The topological polar surface area (TPSA) is 21.3 Å². The normalized spacial score (nSPS) is 15.9. The molecule has 0 radical (unpaired) electrons. The fraction of sp³-hybridized carbons (Fsp3) is 0.857. The van der Waals surface area contributed by atoms with Crippen LogP contribution in [0.3, 0.4) is 0 Å². The minimum absolute atomic E-state index is 0.151. The summed E-state index contributed by atoms with van der Waals surface area (Å²) in [6.07, 6.45) is 2.27. The highest BCUT2D eigenvalue weighted by atomic mass is 16.5. The zero-order valence-corrected chi connectivity index (χ0v) is 11.9. The van der Waals surface area contributed by atoms with Gasteiger partial charge in [-0.25, -0.2) is 0 Å². The second-order valence-electron chi connectivity index (χ2n) is 5.44. The van der Waals surface area contributed by atoms with Gasteiger partial charge in [0.15, 0.2) is 0 Å². The molecule has 2 heteroatoms. The third-order valence-electron chi connectivity index (χ3n) is 2.94. The van der Waals surface area contributed by atoms with Crippen molar-refractivity contribution >= 4 is 0 Å². The maximum atomic E-state index is 5.90. The standard InChI is InChI=1S/C14H29NO/c1-8-11(3)10-12(15-7)13(16-9-2)14(4,5)6/h12-13,15H,3,8-10H2,1-2,4-7H3. The lowest BCUT2D eigenvalue weighted by molar-refractivity contribution is -0.0341. The van der Waals surface area contributed by atoms with Crippen molar-refractivity contribution in [3.05, 3.63) is 12.2 Å². The summed E-state index contributed by atoms with van der Waals surface area (Å²) in [4.78, 5) is 0. The molecular formula is C14H29NO. The van der Waals surface area contributed by atoms with Crippen molar-refractivity contribution in [3.63, 3.8) is 0 Å². The highest BCUT2D eigenvalue weighted by Gasteiger charge is 2.32. The molecule has 0 bridgehead atoms. The molecule has 1 N–H and O–H groups in total. The van der Waals surface area contributed by atoms with E-state index in [1.54, 1.807) is 0 Å². The molecule has 16 heavy (non-hydrogen) atoms. The maximum Gasteiger partial charge on any atom is 0.0779 e.